The standard InChI is InChI=1S/C15H15F13N2O3S2/c1-29-5-6-30(4-2-8-35(31,32)33)9(29)34-7-3-10(16,17)11(18,19)12(20,21)13(22,23)14(24,25)15(26,27)28/h5-6H,2-4,7-8H2,1H3. The van der Waals surface area contributed by atoms with Gasteiger partial charge in [0.2, 0.25) is 0 Å². The van der Waals surface area contributed by atoms with Gasteiger partial charge in [-0.3, -0.25) is 0 Å². The maximum absolute atomic E-state index is 13.9. The summed E-state index contributed by atoms with van der Waals surface area (Å²) in [5, 5.41) is -0.0897. The molecule has 1 heterocycles. The van der Waals surface area contributed by atoms with Gasteiger partial charge in [-0.1, -0.05) is 0 Å². The average molecular weight is 582 g/mol. The summed E-state index contributed by atoms with van der Waals surface area (Å²) < 4.78 is 205. The monoisotopic (exact) mass is 582 g/mol. The molecule has 0 bridgehead atoms. The minimum Gasteiger partial charge on any atom is -0.748 e. The highest BCUT2D eigenvalue weighted by Gasteiger charge is 2.90. The van der Waals surface area contributed by atoms with Crippen molar-refractivity contribution in [3.8, 4) is 0 Å². The fourth-order valence-corrected chi connectivity index (χ4v) is 4.11. The predicted octanol–water partition coefficient (Wildman–Crippen LogP) is 4.47. The normalized spacial score (nSPS) is 15.1. The van der Waals surface area contributed by atoms with Crippen LogP contribution in [0.2, 0.25) is 0 Å². The first-order valence-corrected chi connectivity index (χ1v) is 11.5. The van der Waals surface area contributed by atoms with E-state index in [1.54, 1.807) is 0 Å². The third kappa shape index (κ3) is 6.11. The molecule has 0 saturated carbocycles. The number of aromatic nitrogens is 2. The van der Waals surface area contributed by atoms with Crippen LogP contribution in [-0.4, -0.2) is 64.8 Å². The van der Waals surface area contributed by atoms with Crippen molar-refractivity contribution in [2.45, 2.75) is 60.3 Å². The Morgan fingerprint density at radius 1 is 0.886 bits per heavy atom. The smallest absolute Gasteiger partial charge is 0.460 e. The lowest BCUT2D eigenvalue weighted by molar-refractivity contribution is -0.709. The number of alkyl halides is 13. The summed E-state index contributed by atoms with van der Waals surface area (Å²) in [4.78, 5) is 0. The van der Waals surface area contributed by atoms with Gasteiger partial charge in [0, 0.05) is 17.9 Å². The molecule has 206 valence electrons. The van der Waals surface area contributed by atoms with E-state index in [9.17, 15) is 70.0 Å². The average Bonchev–Trinajstić information content (AvgIpc) is 2.99. The van der Waals surface area contributed by atoms with E-state index in [-0.39, 0.29) is 29.9 Å². The van der Waals surface area contributed by atoms with Crippen molar-refractivity contribution in [3.05, 3.63) is 12.4 Å². The summed E-state index contributed by atoms with van der Waals surface area (Å²) in [6.07, 6.45) is -7.65. The Morgan fingerprint density at radius 2 is 1.37 bits per heavy atom. The molecule has 0 atom stereocenters. The molecule has 0 spiro atoms. The molecule has 0 N–H and O–H groups in total. The molecular weight excluding hydrogens is 567 g/mol. The van der Waals surface area contributed by atoms with Gasteiger partial charge in [-0.25, -0.2) is 17.6 Å². The zero-order valence-electron chi connectivity index (χ0n) is 17.0. The lowest BCUT2D eigenvalue weighted by atomic mass is 9.93. The van der Waals surface area contributed by atoms with Crippen LogP contribution in [0.15, 0.2) is 17.6 Å². The first kappa shape index (κ1) is 31.6. The second kappa shape index (κ2) is 9.79. The van der Waals surface area contributed by atoms with Gasteiger partial charge in [-0.15, -0.1) is 0 Å². The first-order chi connectivity index (χ1) is 15.3. The maximum Gasteiger partial charge on any atom is 0.460 e. The molecule has 0 aromatic carbocycles. The van der Waals surface area contributed by atoms with Crippen molar-refractivity contribution in [1.82, 2.24) is 4.57 Å². The van der Waals surface area contributed by atoms with Crippen LogP contribution in [0, 0.1) is 0 Å². The van der Waals surface area contributed by atoms with Gasteiger partial charge in [0.05, 0.1) is 23.7 Å². The summed E-state index contributed by atoms with van der Waals surface area (Å²) in [5.74, 6) is -39.2. The van der Waals surface area contributed by atoms with Gasteiger partial charge in [-0.05, 0) is 18.2 Å². The number of rotatable bonds is 12. The number of hydrogen-bond donors (Lipinski definition) is 0. The van der Waals surface area contributed by atoms with E-state index in [0.29, 0.717) is 0 Å². The SMILES string of the molecule is C[n+]1ccn(CCCS(=O)(=O)[O-])c1SCCC(F)(F)C(F)(F)C(F)(F)C(F)(F)C(F)(F)C(F)(F)F. The molecule has 0 aliphatic carbocycles. The molecule has 20 heteroatoms. The zero-order chi connectivity index (χ0) is 27.9. The van der Waals surface area contributed by atoms with Crippen molar-refractivity contribution >= 4 is 21.9 Å². The van der Waals surface area contributed by atoms with Gasteiger partial charge < -0.3 is 4.55 Å². The molecule has 0 aliphatic rings. The number of halogens is 13. The van der Waals surface area contributed by atoms with Crippen molar-refractivity contribution in [2.24, 2.45) is 7.05 Å². The van der Waals surface area contributed by atoms with Crippen molar-refractivity contribution in [3.63, 3.8) is 0 Å². The van der Waals surface area contributed by atoms with E-state index in [1.807, 2.05) is 0 Å². The van der Waals surface area contributed by atoms with E-state index in [1.165, 1.54) is 19.4 Å². The van der Waals surface area contributed by atoms with E-state index in [2.05, 4.69) is 0 Å². The Kier molecular flexibility index (Phi) is 8.83. The van der Waals surface area contributed by atoms with Crippen LogP contribution in [0.4, 0.5) is 57.1 Å². The van der Waals surface area contributed by atoms with Crippen LogP contribution in [0.1, 0.15) is 12.8 Å². The van der Waals surface area contributed by atoms with E-state index < -0.39 is 63.8 Å². The van der Waals surface area contributed by atoms with E-state index >= 15 is 0 Å². The highest BCUT2D eigenvalue weighted by molar-refractivity contribution is 7.99. The molecule has 0 aliphatic heterocycles. The molecule has 0 saturated heterocycles. The Bertz CT molecular complexity index is 991. The van der Waals surface area contributed by atoms with Gasteiger partial charge in [0.15, 0.2) is 0 Å². The summed E-state index contributed by atoms with van der Waals surface area (Å²) in [7, 11) is -3.35. The molecule has 1 rings (SSSR count). The van der Waals surface area contributed by atoms with Crippen molar-refractivity contribution < 1.29 is 74.6 Å². The molecule has 35 heavy (non-hydrogen) atoms. The second-order valence-corrected chi connectivity index (χ2v) is 9.68. The lowest BCUT2D eigenvalue weighted by Crippen LogP contribution is -2.70. The van der Waals surface area contributed by atoms with Crippen LogP contribution in [-0.2, 0) is 23.7 Å². The summed E-state index contributed by atoms with van der Waals surface area (Å²) >= 11 is 0.234. The third-order valence-electron chi connectivity index (χ3n) is 4.46. The molecule has 0 unspecified atom stereocenters. The minimum absolute atomic E-state index is 0.0897. The zero-order valence-corrected chi connectivity index (χ0v) is 18.7. The summed E-state index contributed by atoms with van der Waals surface area (Å²) in [5.41, 5.74) is 0. The van der Waals surface area contributed by atoms with Gasteiger partial charge in [-0.2, -0.15) is 57.1 Å². The quantitative estimate of drug-likeness (QED) is 0.158. The second-order valence-electron chi connectivity index (χ2n) is 7.10. The van der Waals surface area contributed by atoms with Crippen LogP contribution < -0.4 is 4.57 Å². The Labute approximate surface area is 193 Å². The molecule has 1 aromatic rings. The summed E-state index contributed by atoms with van der Waals surface area (Å²) in [6.45, 7) is -0.214. The molecule has 1 aromatic heterocycles. The first-order valence-electron chi connectivity index (χ1n) is 8.90. The Hall–Kier alpha value is -1.44. The lowest BCUT2D eigenvalue weighted by Gasteiger charge is -2.39. The maximum atomic E-state index is 13.9. The molecular formula is C15H15F13N2O3S2. The number of thioether (sulfide) groups is 1. The van der Waals surface area contributed by atoms with Crippen molar-refractivity contribution in [2.75, 3.05) is 11.5 Å². The number of aryl methyl sites for hydroxylation is 2. The highest BCUT2D eigenvalue weighted by Crippen LogP contribution is 2.60. The topological polar surface area (TPSA) is 66.0 Å². The number of nitrogens with zero attached hydrogens (tertiary/aromatic N) is 2. The molecule has 0 fully saturated rings. The molecule has 5 nitrogen and oxygen atoms in total. The fraction of sp³-hybridized carbons (Fsp3) is 0.800. The van der Waals surface area contributed by atoms with Crippen LogP contribution >= 0.6 is 11.8 Å². The van der Waals surface area contributed by atoms with Crippen LogP contribution in [0.3, 0.4) is 0 Å². The van der Waals surface area contributed by atoms with E-state index in [4.69, 9.17) is 0 Å². The fourth-order valence-electron chi connectivity index (χ4n) is 2.51. The number of hydrogen-bond acceptors (Lipinski definition) is 4. The predicted molar refractivity (Wildman–Crippen MR) is 90.9 cm³/mol. The number of imidazole rings is 1. The summed E-state index contributed by atoms with van der Waals surface area (Å²) in [6, 6.07) is 0. The molecule has 0 radical (unpaired) electrons. The van der Waals surface area contributed by atoms with Gasteiger partial charge >= 0.3 is 40.9 Å². The Balaban J connectivity index is 3.07. The highest BCUT2D eigenvalue weighted by atomic mass is 32.2. The largest absolute Gasteiger partial charge is 0.748 e. The van der Waals surface area contributed by atoms with E-state index in [0.717, 1.165) is 9.13 Å². The third-order valence-corrected chi connectivity index (χ3v) is 6.43. The van der Waals surface area contributed by atoms with Crippen LogP contribution in [0.25, 0.3) is 0 Å². The minimum atomic E-state index is -7.94. The van der Waals surface area contributed by atoms with Gasteiger partial charge in [0.25, 0.3) is 0 Å². The van der Waals surface area contributed by atoms with Crippen LogP contribution in [0.5, 0.6) is 0 Å². The molecule has 0 amide bonds. The Morgan fingerprint density at radius 3 is 1.83 bits per heavy atom. The van der Waals surface area contributed by atoms with Gasteiger partial charge in [0.1, 0.15) is 12.4 Å². The van der Waals surface area contributed by atoms with Crippen molar-refractivity contribution in [1.29, 1.82) is 0 Å².